The number of hydrogen-bond acceptors (Lipinski definition) is 4. The van der Waals surface area contributed by atoms with Gasteiger partial charge in [0, 0.05) is 35.7 Å². The molecule has 0 radical (unpaired) electrons. The first-order valence-corrected chi connectivity index (χ1v) is 8.95. The normalized spacial score (nSPS) is 18.4. The summed E-state index contributed by atoms with van der Waals surface area (Å²) in [5.74, 6) is 0.0506. The summed E-state index contributed by atoms with van der Waals surface area (Å²) < 4.78 is 5.48. The molecule has 2 rings (SSSR count). The van der Waals surface area contributed by atoms with Crippen LogP contribution in [0.2, 0.25) is 5.02 Å². The zero-order valence-electron chi connectivity index (χ0n) is 13.0. The van der Waals surface area contributed by atoms with E-state index in [1.54, 1.807) is 12.1 Å². The van der Waals surface area contributed by atoms with Crippen LogP contribution in [0, 0.1) is 0 Å². The third-order valence-corrected chi connectivity index (χ3v) is 4.81. The average Bonchev–Trinajstić information content (AvgIpc) is 3.03. The van der Waals surface area contributed by atoms with Gasteiger partial charge in [-0.05, 0) is 37.1 Å². The van der Waals surface area contributed by atoms with Gasteiger partial charge in [-0.2, -0.15) is 0 Å². The number of benzene rings is 1. The van der Waals surface area contributed by atoms with Crippen molar-refractivity contribution in [1.29, 1.82) is 0 Å². The minimum atomic E-state index is -0.574. The molecule has 1 aliphatic heterocycles. The van der Waals surface area contributed by atoms with Gasteiger partial charge in [0.2, 0.25) is 11.8 Å². The van der Waals surface area contributed by atoms with Gasteiger partial charge in [-0.25, -0.2) is 0 Å². The Morgan fingerprint density at radius 1 is 1.39 bits per heavy atom. The molecule has 0 spiro atoms. The van der Waals surface area contributed by atoms with E-state index in [-0.39, 0.29) is 17.9 Å². The second-order valence-electron chi connectivity index (χ2n) is 5.40. The maximum atomic E-state index is 12.3. The summed E-state index contributed by atoms with van der Waals surface area (Å²) in [7, 11) is 0. The summed E-state index contributed by atoms with van der Waals surface area (Å²) >= 11 is 7.36. The lowest BCUT2D eigenvalue weighted by atomic mass is 10.2. The van der Waals surface area contributed by atoms with Crippen molar-refractivity contribution in [2.24, 2.45) is 0 Å². The summed E-state index contributed by atoms with van der Waals surface area (Å²) in [6, 6.07) is 6.81. The molecule has 2 atom stereocenters. The van der Waals surface area contributed by atoms with Crippen LogP contribution in [0.15, 0.2) is 29.2 Å². The lowest BCUT2D eigenvalue weighted by Gasteiger charge is -2.18. The number of halogens is 1. The molecule has 0 bridgehead atoms. The van der Waals surface area contributed by atoms with E-state index in [0.717, 1.165) is 24.3 Å². The largest absolute Gasteiger partial charge is 0.376 e. The van der Waals surface area contributed by atoms with Gasteiger partial charge >= 0.3 is 0 Å². The number of ether oxygens (including phenoxy) is 1. The summed E-state index contributed by atoms with van der Waals surface area (Å²) in [4.78, 5) is 24.6. The predicted molar refractivity (Wildman–Crippen MR) is 91.8 cm³/mol. The van der Waals surface area contributed by atoms with Crippen molar-refractivity contribution >= 4 is 35.2 Å². The molecular formula is C16H21ClN2O3S. The fourth-order valence-corrected chi connectivity index (χ4v) is 3.33. The Bertz CT molecular complexity index is 533. The molecule has 2 N–H and O–H groups in total. The van der Waals surface area contributed by atoms with Crippen LogP contribution in [-0.4, -0.2) is 42.9 Å². The molecule has 0 aromatic heterocycles. The van der Waals surface area contributed by atoms with E-state index in [1.807, 2.05) is 12.1 Å². The molecule has 1 heterocycles. The lowest BCUT2D eigenvalue weighted by molar-refractivity contribution is -0.127. The second-order valence-corrected chi connectivity index (χ2v) is 6.93. The monoisotopic (exact) mass is 356 g/mol. The highest BCUT2D eigenvalue weighted by atomic mass is 35.5. The zero-order chi connectivity index (χ0) is 16.7. The van der Waals surface area contributed by atoms with Crippen LogP contribution in [0.25, 0.3) is 0 Å². The zero-order valence-corrected chi connectivity index (χ0v) is 14.6. The topological polar surface area (TPSA) is 67.4 Å². The maximum absolute atomic E-state index is 12.3. The van der Waals surface area contributed by atoms with Gasteiger partial charge in [-0.1, -0.05) is 11.6 Å². The van der Waals surface area contributed by atoms with Crippen LogP contribution in [0.3, 0.4) is 0 Å². The number of hydrogen-bond donors (Lipinski definition) is 2. The Morgan fingerprint density at radius 2 is 2.13 bits per heavy atom. The maximum Gasteiger partial charge on any atom is 0.243 e. The number of rotatable bonds is 7. The van der Waals surface area contributed by atoms with E-state index in [2.05, 4.69) is 10.6 Å². The number of carbonyl (C=O) groups excluding carboxylic acids is 2. The molecule has 1 aromatic rings. The van der Waals surface area contributed by atoms with Crippen molar-refractivity contribution < 1.29 is 14.3 Å². The second kappa shape index (κ2) is 9.15. The highest BCUT2D eigenvalue weighted by Gasteiger charge is 2.22. The summed E-state index contributed by atoms with van der Waals surface area (Å²) in [5, 5.41) is 6.23. The molecule has 7 heteroatoms. The van der Waals surface area contributed by atoms with Crippen molar-refractivity contribution in [2.45, 2.75) is 36.8 Å². The van der Waals surface area contributed by atoms with Crippen molar-refractivity contribution in [1.82, 2.24) is 10.6 Å². The van der Waals surface area contributed by atoms with Gasteiger partial charge in [-0.15, -0.1) is 11.8 Å². The molecule has 0 aliphatic carbocycles. The van der Waals surface area contributed by atoms with E-state index in [4.69, 9.17) is 16.3 Å². The van der Waals surface area contributed by atoms with E-state index in [0.29, 0.717) is 17.3 Å². The van der Waals surface area contributed by atoms with Gasteiger partial charge in [0.25, 0.3) is 0 Å². The third-order valence-electron chi connectivity index (χ3n) is 3.45. The summed E-state index contributed by atoms with van der Waals surface area (Å²) in [5.41, 5.74) is 0. The highest BCUT2D eigenvalue weighted by Crippen LogP contribution is 2.21. The van der Waals surface area contributed by atoms with E-state index in [9.17, 15) is 9.59 Å². The third kappa shape index (κ3) is 6.41. The first-order chi connectivity index (χ1) is 11.0. The summed E-state index contributed by atoms with van der Waals surface area (Å²) in [6.45, 7) is 2.65. The van der Waals surface area contributed by atoms with Crippen LogP contribution in [0.4, 0.5) is 0 Å². The minimum absolute atomic E-state index is 0.0841. The number of nitrogens with one attached hydrogen (secondary N) is 2. The molecule has 126 valence electrons. The van der Waals surface area contributed by atoms with E-state index < -0.39 is 6.04 Å². The molecule has 23 heavy (non-hydrogen) atoms. The molecule has 5 nitrogen and oxygen atoms in total. The Hall–Kier alpha value is -1.24. The smallest absolute Gasteiger partial charge is 0.243 e. The van der Waals surface area contributed by atoms with Crippen molar-refractivity contribution in [3.8, 4) is 0 Å². The number of thioether (sulfide) groups is 1. The van der Waals surface area contributed by atoms with Crippen LogP contribution < -0.4 is 10.6 Å². The fourth-order valence-electron chi connectivity index (χ4n) is 2.28. The van der Waals surface area contributed by atoms with E-state index in [1.165, 1.54) is 18.7 Å². The van der Waals surface area contributed by atoms with Crippen LogP contribution in [0.1, 0.15) is 19.8 Å². The fraction of sp³-hybridized carbons (Fsp3) is 0.500. The first-order valence-electron chi connectivity index (χ1n) is 7.59. The Balaban J connectivity index is 1.85. The molecule has 2 unspecified atom stereocenters. The Labute approximate surface area is 145 Å². The van der Waals surface area contributed by atoms with Gasteiger partial charge < -0.3 is 15.4 Å². The number of amides is 2. The van der Waals surface area contributed by atoms with Crippen molar-refractivity contribution in [3.63, 3.8) is 0 Å². The first kappa shape index (κ1) is 18.1. The van der Waals surface area contributed by atoms with Gasteiger partial charge in [0.05, 0.1) is 6.10 Å². The van der Waals surface area contributed by atoms with Crippen molar-refractivity contribution in [3.05, 3.63) is 29.3 Å². The Kier molecular flexibility index (Phi) is 7.20. The minimum Gasteiger partial charge on any atom is -0.376 e. The summed E-state index contributed by atoms with van der Waals surface area (Å²) in [6.07, 6.45) is 2.08. The molecule has 1 aliphatic rings. The molecule has 0 saturated carbocycles. The van der Waals surface area contributed by atoms with Crippen LogP contribution >= 0.6 is 23.4 Å². The quantitative estimate of drug-likeness (QED) is 0.735. The molecule has 1 saturated heterocycles. The van der Waals surface area contributed by atoms with Crippen LogP contribution in [0.5, 0.6) is 0 Å². The average molecular weight is 357 g/mol. The Morgan fingerprint density at radius 3 is 2.74 bits per heavy atom. The standard InChI is InChI=1S/C16H21ClN2O3S/c1-11(20)19-15(10-23-14-6-4-12(17)5-7-14)16(21)18-9-13-3-2-8-22-13/h4-7,13,15H,2-3,8-10H2,1H3,(H,18,21)(H,19,20). The SMILES string of the molecule is CC(=O)NC(CSc1ccc(Cl)cc1)C(=O)NCC1CCCO1. The molecular weight excluding hydrogens is 336 g/mol. The molecule has 1 aromatic carbocycles. The number of carbonyl (C=O) groups is 2. The van der Waals surface area contributed by atoms with Gasteiger partial charge in [0.1, 0.15) is 6.04 Å². The van der Waals surface area contributed by atoms with Gasteiger partial charge in [0.15, 0.2) is 0 Å². The predicted octanol–water partition coefficient (Wildman–Crippen LogP) is 2.23. The van der Waals surface area contributed by atoms with Crippen molar-refractivity contribution in [2.75, 3.05) is 18.9 Å². The lowest BCUT2D eigenvalue weighted by Crippen LogP contribution is -2.49. The molecule has 2 amide bonds. The highest BCUT2D eigenvalue weighted by molar-refractivity contribution is 7.99. The van der Waals surface area contributed by atoms with Crippen LogP contribution in [-0.2, 0) is 14.3 Å². The van der Waals surface area contributed by atoms with Gasteiger partial charge in [-0.3, -0.25) is 9.59 Å². The molecule has 1 fully saturated rings. The van der Waals surface area contributed by atoms with E-state index >= 15 is 0 Å².